The van der Waals surface area contributed by atoms with Gasteiger partial charge in [0, 0.05) is 25.8 Å². The predicted octanol–water partition coefficient (Wildman–Crippen LogP) is 1.70. The zero-order valence-electron chi connectivity index (χ0n) is 16.9. The lowest BCUT2D eigenvalue weighted by molar-refractivity contribution is 0.0994. The summed E-state index contributed by atoms with van der Waals surface area (Å²) >= 11 is 0. The number of benzene rings is 2. The zero-order chi connectivity index (χ0) is 21.1. The smallest absolute Gasteiger partial charge is 0.252 e. The van der Waals surface area contributed by atoms with Crippen molar-refractivity contribution in [2.75, 3.05) is 44.8 Å². The number of unbranched alkanes of at least 4 members (excludes halogenated alkanes) is 1. The van der Waals surface area contributed by atoms with Crippen molar-refractivity contribution >= 4 is 11.6 Å². The molecule has 0 aliphatic heterocycles. The van der Waals surface area contributed by atoms with E-state index in [0.717, 1.165) is 25.9 Å². The van der Waals surface area contributed by atoms with Crippen molar-refractivity contribution in [1.29, 1.82) is 0 Å². The normalized spacial score (nSPS) is 11.8. The topological polar surface area (TPSA) is 108 Å². The maximum absolute atomic E-state index is 11.6. The summed E-state index contributed by atoms with van der Waals surface area (Å²) in [5.41, 5.74) is 7.38. The van der Waals surface area contributed by atoms with Gasteiger partial charge >= 0.3 is 0 Å². The maximum atomic E-state index is 11.6. The van der Waals surface area contributed by atoms with Crippen LogP contribution in [0.15, 0.2) is 48.5 Å². The average molecular weight is 402 g/mol. The number of primary amides is 1. The van der Waals surface area contributed by atoms with Gasteiger partial charge in [-0.15, -0.1) is 0 Å². The first-order valence-electron chi connectivity index (χ1n) is 9.85. The molecule has 0 aliphatic rings. The molecule has 0 saturated heterocycles. The van der Waals surface area contributed by atoms with E-state index in [-0.39, 0.29) is 18.8 Å². The number of aliphatic hydroxyl groups is 2. The summed E-state index contributed by atoms with van der Waals surface area (Å²) in [6.45, 7) is 2.05. The fourth-order valence-corrected chi connectivity index (χ4v) is 3.00. The van der Waals surface area contributed by atoms with E-state index in [1.165, 1.54) is 11.8 Å². The van der Waals surface area contributed by atoms with Crippen LogP contribution in [0.1, 0.15) is 34.9 Å². The quantitative estimate of drug-likeness (QED) is 0.381. The van der Waals surface area contributed by atoms with Crippen molar-refractivity contribution < 1.29 is 19.7 Å². The molecule has 0 saturated carbocycles. The van der Waals surface area contributed by atoms with Crippen LogP contribution in [0.5, 0.6) is 5.75 Å². The number of carbonyl (C=O) groups is 1. The highest BCUT2D eigenvalue weighted by Gasteiger charge is 2.14. The number of nitrogens with zero attached hydrogens (tertiary/aromatic N) is 1. The molecule has 0 spiro atoms. The Kier molecular flexibility index (Phi) is 9.43. The number of amides is 1. The molecule has 0 heterocycles. The second-order valence-corrected chi connectivity index (χ2v) is 6.88. The largest absolute Gasteiger partial charge is 0.490 e. The Morgan fingerprint density at radius 2 is 1.97 bits per heavy atom. The lowest BCUT2D eigenvalue weighted by atomic mass is 10.0. The van der Waals surface area contributed by atoms with Crippen LogP contribution in [0.25, 0.3) is 0 Å². The number of anilines is 1. The lowest BCUT2D eigenvalue weighted by Crippen LogP contribution is -2.24. The summed E-state index contributed by atoms with van der Waals surface area (Å²) in [7, 11) is 2.08. The summed E-state index contributed by atoms with van der Waals surface area (Å²) < 4.78 is 5.31. The van der Waals surface area contributed by atoms with Crippen LogP contribution in [-0.4, -0.2) is 56.0 Å². The van der Waals surface area contributed by atoms with Gasteiger partial charge in [-0.25, -0.2) is 0 Å². The Labute approximate surface area is 172 Å². The second-order valence-electron chi connectivity index (χ2n) is 6.88. The lowest BCUT2D eigenvalue weighted by Gasteiger charge is -2.19. The average Bonchev–Trinajstić information content (AvgIpc) is 2.74. The highest BCUT2D eigenvalue weighted by molar-refractivity contribution is 5.95. The number of aliphatic hydroxyl groups excluding tert-OH is 2. The minimum Gasteiger partial charge on any atom is -0.490 e. The van der Waals surface area contributed by atoms with E-state index in [1.807, 2.05) is 18.2 Å². The highest BCUT2D eigenvalue weighted by atomic mass is 16.5. The molecule has 2 aromatic rings. The molecule has 0 aliphatic carbocycles. The van der Waals surface area contributed by atoms with Crippen LogP contribution in [0, 0.1) is 0 Å². The van der Waals surface area contributed by atoms with Gasteiger partial charge in [0.25, 0.3) is 5.91 Å². The van der Waals surface area contributed by atoms with Gasteiger partial charge in [-0.2, -0.15) is 0 Å². The molecular formula is C22H31N3O4. The van der Waals surface area contributed by atoms with E-state index in [4.69, 9.17) is 15.6 Å². The van der Waals surface area contributed by atoms with Gasteiger partial charge in [-0.05, 0) is 49.2 Å². The number of nitrogens with two attached hydrogens (primary N) is 1. The highest BCUT2D eigenvalue weighted by Crippen LogP contribution is 2.23. The molecule has 2 aromatic carbocycles. The van der Waals surface area contributed by atoms with E-state index in [2.05, 4.69) is 29.4 Å². The van der Waals surface area contributed by atoms with E-state index in [1.54, 1.807) is 12.1 Å². The number of rotatable bonds is 13. The summed E-state index contributed by atoms with van der Waals surface area (Å²) in [5, 5.41) is 22.5. The predicted molar refractivity (Wildman–Crippen MR) is 114 cm³/mol. The molecule has 7 nitrogen and oxygen atoms in total. The number of hydrogen-bond acceptors (Lipinski definition) is 6. The third-order valence-corrected chi connectivity index (χ3v) is 4.63. The molecule has 158 valence electrons. The van der Waals surface area contributed by atoms with E-state index >= 15 is 0 Å². The van der Waals surface area contributed by atoms with E-state index < -0.39 is 12.0 Å². The number of para-hydroxylation sites is 1. The van der Waals surface area contributed by atoms with Crippen molar-refractivity contribution in [2.45, 2.75) is 18.9 Å². The minimum atomic E-state index is -0.757. The Bertz CT molecular complexity index is 755. The Balaban J connectivity index is 1.74. The van der Waals surface area contributed by atoms with Gasteiger partial charge in [-0.1, -0.05) is 24.3 Å². The van der Waals surface area contributed by atoms with Crippen LogP contribution < -0.4 is 20.7 Å². The SMILES string of the molecule is CN(CCCCNCC(O)c1ccc(OCCO)c(C(N)=O)c1)c1ccccc1. The van der Waals surface area contributed by atoms with Crippen molar-refractivity contribution in [2.24, 2.45) is 5.73 Å². The summed E-state index contributed by atoms with van der Waals surface area (Å²) in [5.74, 6) is -0.333. The number of nitrogens with one attached hydrogen (secondary N) is 1. The molecule has 2 rings (SSSR count). The van der Waals surface area contributed by atoms with Gasteiger partial charge < -0.3 is 30.9 Å². The molecule has 29 heavy (non-hydrogen) atoms. The molecule has 5 N–H and O–H groups in total. The van der Waals surface area contributed by atoms with Crippen molar-refractivity contribution in [3.63, 3.8) is 0 Å². The summed E-state index contributed by atoms with van der Waals surface area (Å²) in [6.07, 6.45) is 1.27. The molecule has 0 bridgehead atoms. The molecule has 1 unspecified atom stereocenters. The van der Waals surface area contributed by atoms with Gasteiger partial charge in [0.15, 0.2) is 0 Å². The summed E-state index contributed by atoms with van der Waals surface area (Å²) in [4.78, 5) is 13.9. The fourth-order valence-electron chi connectivity index (χ4n) is 3.00. The Hall–Kier alpha value is -2.61. The third-order valence-electron chi connectivity index (χ3n) is 4.63. The third kappa shape index (κ3) is 7.38. The molecule has 0 fully saturated rings. The molecule has 1 amide bonds. The second kappa shape index (κ2) is 12.1. The zero-order valence-corrected chi connectivity index (χ0v) is 16.9. The van der Waals surface area contributed by atoms with Gasteiger partial charge in [-0.3, -0.25) is 4.79 Å². The van der Waals surface area contributed by atoms with Gasteiger partial charge in [0.05, 0.1) is 18.3 Å². The summed E-state index contributed by atoms with van der Waals surface area (Å²) in [6, 6.07) is 15.1. The fraction of sp³-hybridized carbons (Fsp3) is 0.409. The maximum Gasteiger partial charge on any atom is 0.252 e. The number of carbonyl (C=O) groups excluding carboxylic acids is 1. The van der Waals surface area contributed by atoms with Crippen LogP contribution in [0.4, 0.5) is 5.69 Å². The van der Waals surface area contributed by atoms with Crippen LogP contribution in [-0.2, 0) is 0 Å². The monoisotopic (exact) mass is 401 g/mol. The van der Waals surface area contributed by atoms with Gasteiger partial charge in [0.1, 0.15) is 12.4 Å². The minimum absolute atomic E-state index is 0.0726. The number of hydrogen-bond donors (Lipinski definition) is 4. The Morgan fingerprint density at radius 3 is 2.66 bits per heavy atom. The molecule has 1 atom stereocenters. The number of ether oxygens (including phenoxy) is 1. The van der Waals surface area contributed by atoms with Gasteiger partial charge in [0.2, 0.25) is 0 Å². The molecule has 0 radical (unpaired) electrons. The first-order chi connectivity index (χ1) is 14.0. The van der Waals surface area contributed by atoms with Crippen LogP contribution in [0.2, 0.25) is 0 Å². The first kappa shape index (κ1) is 22.7. The van der Waals surface area contributed by atoms with E-state index in [9.17, 15) is 9.90 Å². The molecule has 7 heteroatoms. The standard InChI is InChI=1S/C22H31N3O4/c1-25(18-7-3-2-4-8-18)12-6-5-11-24-16-20(27)17-9-10-21(29-14-13-26)19(15-17)22(23)28/h2-4,7-10,15,20,24,26-27H,5-6,11-14,16H2,1H3,(H2,23,28). The van der Waals surface area contributed by atoms with Crippen LogP contribution in [0.3, 0.4) is 0 Å². The van der Waals surface area contributed by atoms with Crippen molar-refractivity contribution in [1.82, 2.24) is 5.32 Å². The van der Waals surface area contributed by atoms with Crippen LogP contribution >= 0.6 is 0 Å². The first-order valence-corrected chi connectivity index (χ1v) is 9.85. The van der Waals surface area contributed by atoms with E-state index in [0.29, 0.717) is 17.9 Å². The van der Waals surface area contributed by atoms with Crippen molar-refractivity contribution in [3.05, 3.63) is 59.7 Å². The molecular weight excluding hydrogens is 370 g/mol. The molecule has 0 aromatic heterocycles. The van der Waals surface area contributed by atoms with Crippen molar-refractivity contribution in [3.8, 4) is 5.75 Å². The Morgan fingerprint density at radius 1 is 1.21 bits per heavy atom.